The van der Waals surface area contributed by atoms with Gasteiger partial charge in [0, 0.05) is 6.07 Å². The Bertz CT molecular complexity index is 984. The number of carbonyl (C=O) groups is 1. The van der Waals surface area contributed by atoms with E-state index in [1.54, 1.807) is 19.1 Å². The summed E-state index contributed by atoms with van der Waals surface area (Å²) in [5.41, 5.74) is 2.73. The lowest BCUT2D eigenvalue weighted by molar-refractivity contribution is -0.384. The summed E-state index contributed by atoms with van der Waals surface area (Å²) < 4.78 is 30.4. The molecule has 0 bridgehead atoms. The van der Waals surface area contributed by atoms with Crippen molar-refractivity contribution >= 4 is 32.2 Å². The molecule has 0 aromatic heterocycles. The van der Waals surface area contributed by atoms with Crippen molar-refractivity contribution in [3.8, 4) is 0 Å². The van der Waals surface area contributed by atoms with Crippen LogP contribution in [0.5, 0.6) is 0 Å². The highest BCUT2D eigenvalue weighted by atomic mass is 32.2. The molecule has 0 aliphatic carbocycles. The van der Waals surface area contributed by atoms with Crippen molar-refractivity contribution in [2.24, 2.45) is 5.10 Å². The highest BCUT2D eigenvalue weighted by molar-refractivity contribution is 8.08. The number of hydrazone groups is 1. The monoisotopic (exact) mass is 391 g/mol. The Morgan fingerprint density at radius 1 is 1.19 bits per heavy atom. The summed E-state index contributed by atoms with van der Waals surface area (Å²) in [5.74, 6) is -1.16. The first-order valence-electron chi connectivity index (χ1n) is 7.83. The number of nitro benzene ring substituents is 1. The highest BCUT2D eigenvalue weighted by Gasteiger charge is 2.31. The largest absolute Gasteiger partial charge is 0.461 e. The van der Waals surface area contributed by atoms with Gasteiger partial charge in [0.25, 0.3) is 10.7 Å². The third kappa shape index (κ3) is 4.67. The molecule has 2 aromatic rings. The number of nitro groups is 1. The van der Waals surface area contributed by atoms with Gasteiger partial charge in [0.2, 0.25) is 9.84 Å². The second kappa shape index (κ2) is 8.41. The van der Waals surface area contributed by atoms with Crippen molar-refractivity contribution in [1.82, 2.24) is 0 Å². The number of esters is 1. The molecule has 0 saturated carbocycles. The molecule has 10 heteroatoms. The number of hydrogen-bond acceptors (Lipinski definition) is 8. The SMILES string of the molecule is CCOC(=O)/C(=N/Nc1ccccc1[N+](=O)[O-])S(=O)(=O)c1ccc(C)cc1. The van der Waals surface area contributed by atoms with Crippen LogP contribution in [0.1, 0.15) is 12.5 Å². The van der Waals surface area contributed by atoms with Crippen molar-refractivity contribution < 1.29 is 22.9 Å². The maximum absolute atomic E-state index is 12.8. The van der Waals surface area contributed by atoms with Crippen LogP contribution in [0.4, 0.5) is 11.4 Å². The average Bonchev–Trinajstić information content (AvgIpc) is 2.62. The summed E-state index contributed by atoms with van der Waals surface area (Å²) in [5, 5.41) is 13.8. The number of nitrogens with one attached hydrogen (secondary N) is 1. The standard InChI is InChI=1S/C17H17N3O6S/c1-3-26-17(21)16(27(24,25)13-10-8-12(2)9-11-13)19-18-14-6-4-5-7-15(14)20(22)23/h4-11,18H,3H2,1-2H3/b19-16-. The van der Waals surface area contributed by atoms with Gasteiger partial charge in [-0.1, -0.05) is 29.8 Å². The van der Waals surface area contributed by atoms with E-state index in [0.717, 1.165) is 5.56 Å². The van der Waals surface area contributed by atoms with Gasteiger partial charge in [-0.05, 0) is 32.0 Å². The molecule has 27 heavy (non-hydrogen) atoms. The number of anilines is 1. The molecule has 0 saturated heterocycles. The highest BCUT2D eigenvalue weighted by Crippen LogP contribution is 2.23. The van der Waals surface area contributed by atoms with Crippen LogP contribution >= 0.6 is 0 Å². The fourth-order valence-corrected chi connectivity index (χ4v) is 3.24. The third-order valence-corrected chi connectivity index (χ3v) is 5.07. The first kappa shape index (κ1) is 20.0. The summed E-state index contributed by atoms with van der Waals surface area (Å²) >= 11 is 0. The molecule has 2 rings (SSSR count). The summed E-state index contributed by atoms with van der Waals surface area (Å²) in [6.07, 6.45) is 0. The number of ether oxygens (including phenoxy) is 1. The van der Waals surface area contributed by atoms with Crippen LogP contribution in [-0.2, 0) is 19.4 Å². The molecule has 0 aliphatic heterocycles. The number of rotatable bonds is 5. The fourth-order valence-electron chi connectivity index (χ4n) is 2.08. The Kier molecular flexibility index (Phi) is 6.24. The Morgan fingerprint density at radius 3 is 2.41 bits per heavy atom. The molecule has 142 valence electrons. The molecule has 0 heterocycles. The molecule has 1 N–H and O–H groups in total. The number of aryl methyl sites for hydroxylation is 1. The maximum Gasteiger partial charge on any atom is 0.371 e. The zero-order valence-electron chi connectivity index (χ0n) is 14.6. The van der Waals surface area contributed by atoms with Gasteiger partial charge in [-0.3, -0.25) is 15.5 Å². The third-order valence-electron chi connectivity index (χ3n) is 3.41. The van der Waals surface area contributed by atoms with E-state index in [4.69, 9.17) is 4.74 Å². The summed E-state index contributed by atoms with van der Waals surface area (Å²) in [6, 6.07) is 11.3. The van der Waals surface area contributed by atoms with Crippen LogP contribution in [0, 0.1) is 17.0 Å². The smallest absolute Gasteiger partial charge is 0.371 e. The molecule has 0 atom stereocenters. The lowest BCUT2D eigenvalue weighted by atomic mass is 10.2. The Morgan fingerprint density at radius 2 is 1.81 bits per heavy atom. The molecule has 0 aliphatic rings. The topological polar surface area (TPSA) is 128 Å². The van der Waals surface area contributed by atoms with Crippen LogP contribution in [0.3, 0.4) is 0 Å². The van der Waals surface area contributed by atoms with Crippen LogP contribution in [0.25, 0.3) is 0 Å². The van der Waals surface area contributed by atoms with E-state index in [9.17, 15) is 23.3 Å². The number of benzene rings is 2. The first-order chi connectivity index (χ1) is 12.8. The van der Waals surface area contributed by atoms with Crippen LogP contribution in [0.2, 0.25) is 0 Å². The van der Waals surface area contributed by atoms with Crippen molar-refractivity contribution in [3.63, 3.8) is 0 Å². The summed E-state index contributed by atoms with van der Waals surface area (Å²) in [6.45, 7) is 3.24. The van der Waals surface area contributed by atoms with Gasteiger partial charge in [0.05, 0.1) is 16.4 Å². The Hall–Kier alpha value is -3.27. The minimum atomic E-state index is -4.30. The van der Waals surface area contributed by atoms with Gasteiger partial charge in [0.1, 0.15) is 5.69 Å². The second-order valence-corrected chi connectivity index (χ2v) is 7.20. The zero-order chi connectivity index (χ0) is 20.0. The van der Waals surface area contributed by atoms with Gasteiger partial charge < -0.3 is 4.74 Å². The molecule has 0 fully saturated rings. The Balaban J connectivity index is 2.49. The molecule has 9 nitrogen and oxygen atoms in total. The molecule has 2 aromatic carbocycles. The second-order valence-electron chi connectivity index (χ2n) is 5.34. The average molecular weight is 391 g/mol. The van der Waals surface area contributed by atoms with Crippen molar-refractivity contribution in [3.05, 3.63) is 64.2 Å². The minimum absolute atomic E-state index is 0.0627. The van der Waals surface area contributed by atoms with Crippen LogP contribution in [-0.4, -0.2) is 31.0 Å². The number of hydrogen-bond donors (Lipinski definition) is 1. The molecule has 0 spiro atoms. The quantitative estimate of drug-likeness (QED) is 0.273. The lowest BCUT2D eigenvalue weighted by Crippen LogP contribution is -2.28. The molecular formula is C17H17N3O6S. The zero-order valence-corrected chi connectivity index (χ0v) is 15.4. The number of carbonyl (C=O) groups excluding carboxylic acids is 1. The molecule has 0 amide bonds. The molecule has 0 radical (unpaired) electrons. The minimum Gasteiger partial charge on any atom is -0.461 e. The van der Waals surface area contributed by atoms with E-state index >= 15 is 0 Å². The first-order valence-corrected chi connectivity index (χ1v) is 9.31. The van der Waals surface area contributed by atoms with Gasteiger partial charge in [-0.2, -0.15) is 5.10 Å². The fraction of sp³-hybridized carbons (Fsp3) is 0.176. The van der Waals surface area contributed by atoms with Gasteiger partial charge in [-0.15, -0.1) is 0 Å². The van der Waals surface area contributed by atoms with E-state index in [0.29, 0.717) is 0 Å². The van der Waals surface area contributed by atoms with Crippen molar-refractivity contribution in [2.75, 3.05) is 12.0 Å². The normalized spacial score (nSPS) is 11.7. The van der Waals surface area contributed by atoms with Gasteiger partial charge in [0.15, 0.2) is 0 Å². The summed E-state index contributed by atoms with van der Waals surface area (Å²) in [7, 11) is -4.30. The summed E-state index contributed by atoms with van der Waals surface area (Å²) in [4.78, 5) is 22.4. The van der Waals surface area contributed by atoms with Gasteiger partial charge in [-0.25, -0.2) is 13.2 Å². The number of para-hydroxylation sites is 2. The predicted molar refractivity (Wildman–Crippen MR) is 99.2 cm³/mol. The number of nitrogens with zero attached hydrogens (tertiary/aromatic N) is 2. The number of sulfone groups is 1. The van der Waals surface area contributed by atoms with Crippen LogP contribution < -0.4 is 5.43 Å². The van der Waals surface area contributed by atoms with Crippen molar-refractivity contribution in [1.29, 1.82) is 0 Å². The maximum atomic E-state index is 12.8. The van der Waals surface area contributed by atoms with Gasteiger partial charge >= 0.3 is 5.97 Å². The van der Waals surface area contributed by atoms with E-state index in [-0.39, 0.29) is 22.9 Å². The van der Waals surface area contributed by atoms with E-state index < -0.39 is 25.8 Å². The van der Waals surface area contributed by atoms with E-state index in [2.05, 4.69) is 10.5 Å². The van der Waals surface area contributed by atoms with Crippen LogP contribution in [0.15, 0.2) is 58.5 Å². The van der Waals surface area contributed by atoms with E-state index in [1.807, 2.05) is 0 Å². The lowest BCUT2D eigenvalue weighted by Gasteiger charge is -2.09. The molecule has 0 unspecified atom stereocenters. The molecular weight excluding hydrogens is 374 g/mol. The Labute approximate surface area is 155 Å². The van der Waals surface area contributed by atoms with Crippen molar-refractivity contribution in [2.45, 2.75) is 18.7 Å². The van der Waals surface area contributed by atoms with E-state index in [1.165, 1.54) is 43.3 Å². The predicted octanol–water partition coefficient (Wildman–Crippen LogP) is 2.67.